The summed E-state index contributed by atoms with van der Waals surface area (Å²) in [7, 11) is 0. The van der Waals surface area contributed by atoms with E-state index in [1.807, 2.05) is 65.5 Å². The molecule has 0 radical (unpaired) electrons. The normalized spacial score (nSPS) is 10.9. The van der Waals surface area contributed by atoms with E-state index in [0.29, 0.717) is 0 Å². The van der Waals surface area contributed by atoms with Crippen molar-refractivity contribution >= 4 is 27.8 Å². The Morgan fingerprint density at radius 2 is 1.81 bits per heavy atom. The molecular formula is C16H13BrN4. The number of halogens is 1. The number of benzene rings is 2. The molecule has 21 heavy (non-hydrogen) atoms. The lowest BCUT2D eigenvalue weighted by atomic mass is 10.2. The van der Waals surface area contributed by atoms with Crippen LogP contribution < -0.4 is 5.43 Å². The number of nitrogens with one attached hydrogen (secondary N) is 1. The van der Waals surface area contributed by atoms with Crippen molar-refractivity contribution in [2.45, 2.75) is 0 Å². The lowest BCUT2D eigenvalue weighted by molar-refractivity contribution is 0.880. The topological polar surface area (TPSA) is 42.2 Å². The summed E-state index contributed by atoms with van der Waals surface area (Å²) in [6, 6.07) is 17.8. The Kier molecular flexibility index (Phi) is 4.12. The van der Waals surface area contributed by atoms with Gasteiger partial charge in [-0.15, -0.1) is 0 Å². The average Bonchev–Trinajstić information content (AvgIpc) is 3.04. The second kappa shape index (κ2) is 6.37. The molecule has 0 atom stereocenters. The van der Waals surface area contributed by atoms with E-state index in [1.165, 1.54) is 0 Å². The van der Waals surface area contributed by atoms with Crippen LogP contribution in [-0.4, -0.2) is 16.0 Å². The second-order valence-electron chi connectivity index (χ2n) is 4.42. The van der Waals surface area contributed by atoms with Gasteiger partial charge in [-0.3, -0.25) is 5.43 Å². The van der Waals surface area contributed by atoms with E-state index in [-0.39, 0.29) is 0 Å². The van der Waals surface area contributed by atoms with E-state index < -0.39 is 0 Å². The molecule has 0 aliphatic carbocycles. The molecule has 2 aromatic carbocycles. The van der Waals surface area contributed by atoms with Gasteiger partial charge in [0.15, 0.2) is 0 Å². The molecule has 0 amide bonds. The fourth-order valence-corrected chi connectivity index (χ4v) is 2.10. The van der Waals surface area contributed by atoms with Gasteiger partial charge in [-0.05, 0) is 48.0 Å². The molecule has 0 fully saturated rings. The monoisotopic (exact) mass is 340 g/mol. The Bertz CT molecular complexity index is 716. The summed E-state index contributed by atoms with van der Waals surface area (Å²) in [6.07, 6.45) is 5.46. The maximum absolute atomic E-state index is 4.22. The summed E-state index contributed by atoms with van der Waals surface area (Å²) in [4.78, 5) is 0. The van der Waals surface area contributed by atoms with E-state index in [2.05, 4.69) is 31.6 Å². The fourth-order valence-electron chi connectivity index (χ4n) is 1.84. The summed E-state index contributed by atoms with van der Waals surface area (Å²) in [5.41, 5.74) is 5.99. The predicted molar refractivity (Wildman–Crippen MR) is 88.9 cm³/mol. The molecule has 0 bridgehead atoms. The SMILES string of the molecule is Brc1ccc(N/N=C/c2ccc(-n3cccn3)cc2)cc1. The lowest BCUT2D eigenvalue weighted by Crippen LogP contribution is -1.95. The minimum absolute atomic E-state index is 0.947. The van der Waals surface area contributed by atoms with Gasteiger partial charge < -0.3 is 0 Å². The summed E-state index contributed by atoms with van der Waals surface area (Å²) >= 11 is 3.40. The molecule has 0 saturated carbocycles. The van der Waals surface area contributed by atoms with E-state index in [0.717, 1.165) is 21.4 Å². The van der Waals surface area contributed by atoms with Crippen LogP contribution in [0.5, 0.6) is 0 Å². The quantitative estimate of drug-likeness (QED) is 0.574. The smallest absolute Gasteiger partial charge is 0.0645 e. The van der Waals surface area contributed by atoms with Crippen LogP contribution in [0.1, 0.15) is 5.56 Å². The van der Waals surface area contributed by atoms with Crippen molar-refractivity contribution in [1.82, 2.24) is 9.78 Å². The third kappa shape index (κ3) is 3.58. The summed E-state index contributed by atoms with van der Waals surface area (Å²) in [5, 5.41) is 8.41. The molecule has 0 saturated heterocycles. The van der Waals surface area contributed by atoms with Crippen LogP contribution in [0.4, 0.5) is 5.69 Å². The fraction of sp³-hybridized carbons (Fsp3) is 0. The number of hydrazone groups is 1. The van der Waals surface area contributed by atoms with E-state index >= 15 is 0 Å². The van der Waals surface area contributed by atoms with E-state index in [4.69, 9.17) is 0 Å². The van der Waals surface area contributed by atoms with Gasteiger partial charge in [-0.2, -0.15) is 10.2 Å². The van der Waals surface area contributed by atoms with Gasteiger partial charge >= 0.3 is 0 Å². The zero-order valence-electron chi connectivity index (χ0n) is 11.1. The summed E-state index contributed by atoms with van der Waals surface area (Å²) in [5.74, 6) is 0. The van der Waals surface area contributed by atoms with Crippen molar-refractivity contribution in [3.8, 4) is 5.69 Å². The Morgan fingerprint density at radius 3 is 2.48 bits per heavy atom. The third-order valence-electron chi connectivity index (χ3n) is 2.91. The molecule has 3 aromatic rings. The molecule has 1 N–H and O–H groups in total. The van der Waals surface area contributed by atoms with E-state index in [1.54, 1.807) is 12.4 Å². The number of hydrogen-bond donors (Lipinski definition) is 1. The third-order valence-corrected chi connectivity index (χ3v) is 3.44. The van der Waals surface area contributed by atoms with Gasteiger partial charge in [0.25, 0.3) is 0 Å². The number of hydrogen-bond acceptors (Lipinski definition) is 3. The van der Waals surface area contributed by atoms with Crippen molar-refractivity contribution in [1.29, 1.82) is 0 Å². The molecule has 3 rings (SSSR count). The van der Waals surface area contributed by atoms with Gasteiger partial charge in [0.2, 0.25) is 0 Å². The molecule has 104 valence electrons. The van der Waals surface area contributed by atoms with Crippen molar-refractivity contribution in [2.24, 2.45) is 5.10 Å². The Balaban J connectivity index is 1.65. The highest BCUT2D eigenvalue weighted by Gasteiger charge is 1.95. The maximum Gasteiger partial charge on any atom is 0.0645 e. The van der Waals surface area contributed by atoms with Crippen LogP contribution in [0, 0.1) is 0 Å². The van der Waals surface area contributed by atoms with Crippen LogP contribution in [0.3, 0.4) is 0 Å². The molecule has 1 aromatic heterocycles. The summed E-state index contributed by atoms with van der Waals surface area (Å²) in [6.45, 7) is 0. The van der Waals surface area contributed by atoms with Gasteiger partial charge in [-0.1, -0.05) is 28.1 Å². The van der Waals surface area contributed by atoms with Crippen LogP contribution in [0.15, 0.2) is 76.6 Å². The molecule has 0 unspecified atom stereocenters. The first-order chi connectivity index (χ1) is 10.3. The molecule has 4 nitrogen and oxygen atoms in total. The largest absolute Gasteiger partial charge is 0.279 e. The highest BCUT2D eigenvalue weighted by molar-refractivity contribution is 9.10. The molecule has 0 spiro atoms. The van der Waals surface area contributed by atoms with Crippen LogP contribution in [0.2, 0.25) is 0 Å². The first-order valence-electron chi connectivity index (χ1n) is 6.46. The molecule has 0 aliphatic rings. The lowest BCUT2D eigenvalue weighted by Gasteiger charge is -2.02. The number of anilines is 1. The van der Waals surface area contributed by atoms with Gasteiger partial charge in [0.1, 0.15) is 0 Å². The van der Waals surface area contributed by atoms with Crippen LogP contribution in [-0.2, 0) is 0 Å². The summed E-state index contributed by atoms with van der Waals surface area (Å²) < 4.78 is 2.87. The molecular weight excluding hydrogens is 328 g/mol. The minimum Gasteiger partial charge on any atom is -0.279 e. The first-order valence-corrected chi connectivity index (χ1v) is 7.25. The Labute approximate surface area is 131 Å². The van der Waals surface area contributed by atoms with Crippen molar-refractivity contribution in [3.63, 3.8) is 0 Å². The van der Waals surface area contributed by atoms with Crippen molar-refractivity contribution in [2.75, 3.05) is 5.43 Å². The number of nitrogens with zero attached hydrogens (tertiary/aromatic N) is 3. The molecule has 5 heteroatoms. The number of rotatable bonds is 4. The zero-order valence-corrected chi connectivity index (χ0v) is 12.7. The second-order valence-corrected chi connectivity index (χ2v) is 5.33. The van der Waals surface area contributed by atoms with Crippen molar-refractivity contribution in [3.05, 3.63) is 77.0 Å². The maximum atomic E-state index is 4.22. The zero-order chi connectivity index (χ0) is 14.5. The standard InChI is InChI=1S/C16H13BrN4/c17-14-4-6-15(7-5-14)20-18-12-13-2-8-16(9-3-13)21-11-1-10-19-21/h1-12,20H/b18-12+. The molecule has 0 aliphatic heterocycles. The highest BCUT2D eigenvalue weighted by atomic mass is 79.9. The molecule has 1 heterocycles. The number of aromatic nitrogens is 2. The van der Waals surface area contributed by atoms with Crippen LogP contribution in [0.25, 0.3) is 5.69 Å². The minimum atomic E-state index is 0.947. The van der Waals surface area contributed by atoms with Gasteiger partial charge in [0.05, 0.1) is 17.6 Å². The average molecular weight is 341 g/mol. The Morgan fingerprint density at radius 1 is 1.05 bits per heavy atom. The van der Waals surface area contributed by atoms with Gasteiger partial charge in [-0.25, -0.2) is 4.68 Å². The van der Waals surface area contributed by atoms with Crippen molar-refractivity contribution < 1.29 is 0 Å². The predicted octanol–water partition coefficient (Wildman–Crippen LogP) is 4.08. The Hall–Kier alpha value is -2.40. The van der Waals surface area contributed by atoms with Gasteiger partial charge in [0, 0.05) is 16.9 Å². The van der Waals surface area contributed by atoms with E-state index in [9.17, 15) is 0 Å². The highest BCUT2D eigenvalue weighted by Crippen LogP contribution is 2.14. The van der Waals surface area contributed by atoms with Crippen LogP contribution >= 0.6 is 15.9 Å². The first kappa shape index (κ1) is 13.6.